The highest BCUT2D eigenvalue weighted by Crippen LogP contribution is 2.23. The third-order valence-corrected chi connectivity index (χ3v) is 3.32. The molecule has 0 spiro atoms. The number of carboxylic acids is 1. The van der Waals surface area contributed by atoms with Crippen LogP contribution in [-0.4, -0.2) is 26.9 Å². The van der Waals surface area contributed by atoms with Crippen molar-refractivity contribution in [3.63, 3.8) is 0 Å². The molecule has 1 aromatic carbocycles. The minimum Gasteiger partial charge on any atom is -0.477 e. The topological polar surface area (TPSA) is 70.5 Å². The van der Waals surface area contributed by atoms with Gasteiger partial charge < -0.3 is 10.0 Å². The molecule has 1 aromatic heterocycles. The lowest BCUT2D eigenvalue weighted by molar-refractivity contribution is 0.0689. The Hall–Kier alpha value is -2.69. The maximum atomic E-state index is 12.4. The number of carbonyl (C=O) groups excluding carboxylic acids is 1. The van der Waals surface area contributed by atoms with Crippen LogP contribution in [0.4, 0.5) is 0 Å². The van der Waals surface area contributed by atoms with E-state index in [1.54, 1.807) is 4.90 Å². The Balaban J connectivity index is 1.85. The Labute approximate surface area is 115 Å². The molecule has 0 saturated carbocycles. The van der Waals surface area contributed by atoms with Gasteiger partial charge in [-0.2, -0.15) is 0 Å². The molecule has 2 heterocycles. The van der Waals surface area contributed by atoms with Gasteiger partial charge in [-0.3, -0.25) is 4.79 Å². The number of benzene rings is 1. The van der Waals surface area contributed by atoms with Crippen LogP contribution in [-0.2, 0) is 13.1 Å². The zero-order valence-electron chi connectivity index (χ0n) is 10.6. The fourth-order valence-corrected chi connectivity index (χ4v) is 2.31. The molecule has 1 aliphatic rings. The zero-order valence-corrected chi connectivity index (χ0v) is 10.6. The van der Waals surface area contributed by atoms with Gasteiger partial charge in [0.25, 0.3) is 5.91 Å². The van der Waals surface area contributed by atoms with Crippen molar-refractivity contribution >= 4 is 11.9 Å². The smallest absolute Gasteiger partial charge is 0.354 e. The van der Waals surface area contributed by atoms with Gasteiger partial charge in [-0.1, -0.05) is 30.3 Å². The molecule has 2 aromatic rings. The number of nitrogens with zero attached hydrogens (tertiary/aromatic N) is 2. The van der Waals surface area contributed by atoms with E-state index in [-0.39, 0.29) is 17.3 Å². The number of amides is 1. The molecule has 0 unspecified atom stereocenters. The zero-order chi connectivity index (χ0) is 14.1. The third kappa shape index (κ3) is 2.14. The van der Waals surface area contributed by atoms with Gasteiger partial charge in [0, 0.05) is 13.1 Å². The third-order valence-electron chi connectivity index (χ3n) is 3.32. The highest BCUT2D eigenvalue weighted by Gasteiger charge is 2.25. The molecule has 0 fully saturated rings. The number of carbonyl (C=O) groups is 2. The molecule has 1 N–H and O–H groups in total. The summed E-state index contributed by atoms with van der Waals surface area (Å²) in [5, 5.41) is 8.91. The average molecular weight is 268 g/mol. The van der Waals surface area contributed by atoms with Crippen molar-refractivity contribution in [3.05, 3.63) is 65.0 Å². The van der Waals surface area contributed by atoms with Crippen LogP contribution in [0.2, 0.25) is 0 Å². The van der Waals surface area contributed by atoms with Crippen LogP contribution < -0.4 is 0 Å². The van der Waals surface area contributed by atoms with Crippen molar-refractivity contribution in [2.24, 2.45) is 0 Å². The number of pyridine rings is 1. The van der Waals surface area contributed by atoms with E-state index >= 15 is 0 Å². The maximum absolute atomic E-state index is 12.4. The van der Waals surface area contributed by atoms with E-state index < -0.39 is 5.97 Å². The normalized spacial score (nSPS) is 13.1. The van der Waals surface area contributed by atoms with Crippen LogP contribution in [0.3, 0.4) is 0 Å². The second-order valence-corrected chi connectivity index (χ2v) is 4.64. The van der Waals surface area contributed by atoms with Crippen LogP contribution in [0, 0.1) is 0 Å². The van der Waals surface area contributed by atoms with Gasteiger partial charge in [0.1, 0.15) is 11.4 Å². The van der Waals surface area contributed by atoms with E-state index in [2.05, 4.69) is 4.98 Å². The molecular weight excluding hydrogens is 256 g/mol. The van der Waals surface area contributed by atoms with Gasteiger partial charge >= 0.3 is 5.97 Å². The summed E-state index contributed by atoms with van der Waals surface area (Å²) < 4.78 is 0. The number of fused-ring (bicyclic) bond motifs is 1. The lowest BCUT2D eigenvalue weighted by Gasteiger charge is -2.14. The molecule has 0 bridgehead atoms. The Morgan fingerprint density at radius 2 is 1.55 bits per heavy atom. The van der Waals surface area contributed by atoms with Gasteiger partial charge in [-0.05, 0) is 23.3 Å². The molecule has 0 radical (unpaired) electrons. The van der Waals surface area contributed by atoms with E-state index in [1.807, 2.05) is 24.3 Å². The molecule has 1 amide bonds. The largest absolute Gasteiger partial charge is 0.477 e. The predicted molar refractivity (Wildman–Crippen MR) is 71.2 cm³/mol. The van der Waals surface area contributed by atoms with Crippen molar-refractivity contribution in [2.75, 3.05) is 0 Å². The second-order valence-electron chi connectivity index (χ2n) is 4.64. The standard InChI is InChI=1S/C15H12N2O3/c18-14(12-6-3-7-13(16-12)15(19)20)17-8-10-4-1-2-5-11(10)9-17/h1-7H,8-9H2,(H,19,20). The van der Waals surface area contributed by atoms with Crippen molar-refractivity contribution in [1.29, 1.82) is 0 Å². The van der Waals surface area contributed by atoms with E-state index in [4.69, 9.17) is 5.11 Å². The second kappa shape index (κ2) is 4.77. The summed E-state index contributed by atoms with van der Waals surface area (Å²) >= 11 is 0. The first-order valence-corrected chi connectivity index (χ1v) is 6.21. The molecular formula is C15H12N2O3. The van der Waals surface area contributed by atoms with E-state index in [9.17, 15) is 9.59 Å². The molecule has 3 rings (SSSR count). The summed E-state index contributed by atoms with van der Waals surface area (Å²) in [6, 6.07) is 12.3. The summed E-state index contributed by atoms with van der Waals surface area (Å²) in [4.78, 5) is 28.8. The number of aromatic carboxylic acids is 1. The fourth-order valence-electron chi connectivity index (χ4n) is 2.31. The van der Waals surface area contributed by atoms with Crippen LogP contribution in [0.1, 0.15) is 32.1 Å². The van der Waals surface area contributed by atoms with Crippen molar-refractivity contribution < 1.29 is 14.7 Å². The van der Waals surface area contributed by atoms with Crippen LogP contribution >= 0.6 is 0 Å². The van der Waals surface area contributed by atoms with Crippen molar-refractivity contribution in [3.8, 4) is 0 Å². The number of hydrogen-bond donors (Lipinski definition) is 1. The Morgan fingerprint density at radius 3 is 2.15 bits per heavy atom. The van der Waals surface area contributed by atoms with Crippen molar-refractivity contribution in [2.45, 2.75) is 13.1 Å². The number of rotatable bonds is 2. The van der Waals surface area contributed by atoms with Crippen LogP contribution in [0.25, 0.3) is 0 Å². The Bertz CT molecular complexity index is 672. The molecule has 5 heteroatoms. The minimum absolute atomic E-state index is 0.118. The van der Waals surface area contributed by atoms with Crippen molar-refractivity contribution in [1.82, 2.24) is 9.88 Å². The van der Waals surface area contributed by atoms with Gasteiger partial charge in [-0.15, -0.1) is 0 Å². The first-order valence-electron chi connectivity index (χ1n) is 6.21. The average Bonchev–Trinajstić information content (AvgIpc) is 2.90. The fraction of sp³-hybridized carbons (Fsp3) is 0.133. The number of aromatic nitrogens is 1. The molecule has 100 valence electrons. The molecule has 1 aliphatic heterocycles. The summed E-state index contributed by atoms with van der Waals surface area (Å²) in [6.07, 6.45) is 0. The van der Waals surface area contributed by atoms with Crippen LogP contribution in [0.15, 0.2) is 42.5 Å². The quantitative estimate of drug-likeness (QED) is 0.903. The predicted octanol–water partition coefficient (Wildman–Crippen LogP) is 1.94. The van der Waals surface area contributed by atoms with Gasteiger partial charge in [-0.25, -0.2) is 9.78 Å². The van der Waals surface area contributed by atoms with Crippen LogP contribution in [0.5, 0.6) is 0 Å². The lowest BCUT2D eigenvalue weighted by Crippen LogP contribution is -2.26. The minimum atomic E-state index is -1.13. The lowest BCUT2D eigenvalue weighted by atomic mass is 10.1. The molecule has 0 saturated heterocycles. The first kappa shape index (κ1) is 12.3. The van der Waals surface area contributed by atoms with E-state index in [0.717, 1.165) is 11.1 Å². The Morgan fingerprint density at radius 1 is 0.950 bits per heavy atom. The van der Waals surface area contributed by atoms with Gasteiger partial charge in [0.15, 0.2) is 0 Å². The van der Waals surface area contributed by atoms with E-state index in [1.165, 1.54) is 18.2 Å². The van der Waals surface area contributed by atoms with E-state index in [0.29, 0.717) is 13.1 Å². The maximum Gasteiger partial charge on any atom is 0.354 e. The summed E-state index contributed by atoms with van der Waals surface area (Å²) in [5.74, 6) is -1.38. The van der Waals surface area contributed by atoms with Gasteiger partial charge in [0.05, 0.1) is 0 Å². The summed E-state index contributed by atoms with van der Waals surface area (Å²) in [6.45, 7) is 1.07. The number of hydrogen-bond acceptors (Lipinski definition) is 3. The number of carboxylic acid groups (broad SMARTS) is 1. The Kier molecular flexibility index (Phi) is 2.95. The first-order chi connectivity index (χ1) is 9.65. The summed E-state index contributed by atoms with van der Waals surface area (Å²) in [5.41, 5.74) is 2.29. The molecule has 5 nitrogen and oxygen atoms in total. The molecule has 20 heavy (non-hydrogen) atoms. The molecule has 0 aliphatic carbocycles. The van der Waals surface area contributed by atoms with Gasteiger partial charge in [0.2, 0.25) is 0 Å². The highest BCUT2D eigenvalue weighted by molar-refractivity contribution is 5.94. The monoisotopic (exact) mass is 268 g/mol. The summed E-state index contributed by atoms with van der Waals surface area (Å²) in [7, 11) is 0. The SMILES string of the molecule is O=C(O)c1cccc(C(=O)N2Cc3ccccc3C2)n1. The highest BCUT2D eigenvalue weighted by atomic mass is 16.4. The molecule has 0 atom stereocenters.